The van der Waals surface area contributed by atoms with Gasteiger partial charge in [0, 0.05) is 24.6 Å². The lowest BCUT2D eigenvalue weighted by Crippen LogP contribution is -2.35. The molecule has 0 amide bonds. The van der Waals surface area contributed by atoms with Gasteiger partial charge in [0.05, 0.1) is 11.1 Å². The lowest BCUT2D eigenvalue weighted by atomic mass is 10.0. The van der Waals surface area contributed by atoms with Crippen LogP contribution in [-0.2, 0) is 23.0 Å². The molecule has 2 heterocycles. The minimum absolute atomic E-state index is 0.313. The molecule has 6 heteroatoms. The zero-order chi connectivity index (χ0) is 18.4. The molecule has 0 radical (unpaired) electrons. The minimum Gasteiger partial charge on any atom is -0.440 e. The molecule has 0 unspecified atom stereocenters. The van der Waals surface area contributed by atoms with Gasteiger partial charge in [0.2, 0.25) is 10.0 Å². The molecule has 5 nitrogen and oxygen atoms in total. The molecule has 2 aromatic carbocycles. The van der Waals surface area contributed by atoms with Crippen molar-refractivity contribution >= 4 is 10.0 Å². The Morgan fingerprint density at radius 3 is 2.48 bits per heavy atom. The van der Waals surface area contributed by atoms with Gasteiger partial charge in [-0.15, -0.1) is 0 Å². The fourth-order valence-electron chi connectivity index (χ4n) is 3.56. The highest BCUT2D eigenvalue weighted by atomic mass is 32.2. The molecule has 1 aromatic heterocycles. The molecule has 1 fully saturated rings. The molecule has 1 saturated carbocycles. The van der Waals surface area contributed by atoms with E-state index in [1.165, 1.54) is 5.56 Å². The van der Waals surface area contributed by atoms with E-state index in [4.69, 9.17) is 4.42 Å². The number of hydrogen-bond donors (Lipinski definition) is 0. The SMILES string of the molecule is O=S(=O)(c1ccc(-c2cnc(C3CC3)o2)cc1)N1CCc2ccccc2C1. The Labute approximate surface area is 158 Å². The largest absolute Gasteiger partial charge is 0.440 e. The molecule has 0 bridgehead atoms. The monoisotopic (exact) mass is 380 g/mol. The van der Waals surface area contributed by atoms with Crippen molar-refractivity contribution in [1.82, 2.24) is 9.29 Å². The first-order valence-electron chi connectivity index (χ1n) is 9.24. The zero-order valence-corrected chi connectivity index (χ0v) is 15.7. The maximum atomic E-state index is 13.0. The predicted molar refractivity (Wildman–Crippen MR) is 102 cm³/mol. The van der Waals surface area contributed by atoms with Crippen molar-refractivity contribution in [3.05, 3.63) is 71.7 Å². The van der Waals surface area contributed by atoms with E-state index in [-0.39, 0.29) is 0 Å². The molecule has 1 aliphatic carbocycles. The third kappa shape index (κ3) is 3.09. The first-order valence-corrected chi connectivity index (χ1v) is 10.7. The molecule has 2 aliphatic rings. The zero-order valence-electron chi connectivity index (χ0n) is 14.8. The highest BCUT2D eigenvalue weighted by molar-refractivity contribution is 7.89. The Morgan fingerprint density at radius 2 is 1.74 bits per heavy atom. The Morgan fingerprint density at radius 1 is 1.00 bits per heavy atom. The molecule has 0 N–H and O–H groups in total. The second kappa shape index (κ2) is 6.32. The first kappa shape index (κ1) is 16.7. The van der Waals surface area contributed by atoms with Crippen LogP contribution in [-0.4, -0.2) is 24.3 Å². The molecule has 5 rings (SSSR count). The van der Waals surface area contributed by atoms with Gasteiger partial charge in [-0.05, 0) is 54.7 Å². The molecule has 3 aromatic rings. The van der Waals surface area contributed by atoms with Crippen molar-refractivity contribution in [3.63, 3.8) is 0 Å². The summed E-state index contributed by atoms with van der Waals surface area (Å²) in [5.74, 6) is 1.93. The average Bonchev–Trinajstić information content (AvgIpc) is 3.44. The summed E-state index contributed by atoms with van der Waals surface area (Å²) >= 11 is 0. The fraction of sp³-hybridized carbons (Fsp3) is 0.286. The second-order valence-electron chi connectivity index (χ2n) is 7.22. The normalized spacial score (nSPS) is 17.6. The summed E-state index contributed by atoms with van der Waals surface area (Å²) in [5.41, 5.74) is 3.16. The van der Waals surface area contributed by atoms with Gasteiger partial charge in [0.25, 0.3) is 0 Å². The highest BCUT2D eigenvalue weighted by Gasteiger charge is 2.30. The number of rotatable bonds is 4. The van der Waals surface area contributed by atoms with Crippen molar-refractivity contribution in [3.8, 4) is 11.3 Å². The number of hydrogen-bond acceptors (Lipinski definition) is 4. The topological polar surface area (TPSA) is 63.4 Å². The van der Waals surface area contributed by atoms with Crippen LogP contribution < -0.4 is 0 Å². The van der Waals surface area contributed by atoms with Crippen LogP contribution in [0.2, 0.25) is 0 Å². The van der Waals surface area contributed by atoms with Crippen LogP contribution >= 0.6 is 0 Å². The van der Waals surface area contributed by atoms with Crippen LogP contribution in [0.1, 0.15) is 35.8 Å². The summed E-state index contributed by atoms with van der Waals surface area (Å²) in [6.07, 6.45) is 4.74. The summed E-state index contributed by atoms with van der Waals surface area (Å²) in [4.78, 5) is 4.64. The molecule has 27 heavy (non-hydrogen) atoms. The number of fused-ring (bicyclic) bond motifs is 1. The van der Waals surface area contributed by atoms with Crippen LogP contribution in [0.15, 0.2) is 64.0 Å². The van der Waals surface area contributed by atoms with Gasteiger partial charge in [-0.1, -0.05) is 24.3 Å². The summed E-state index contributed by atoms with van der Waals surface area (Å²) in [6, 6.07) is 14.9. The van der Waals surface area contributed by atoms with Crippen molar-refractivity contribution in [2.75, 3.05) is 6.54 Å². The lowest BCUT2D eigenvalue weighted by molar-refractivity contribution is 0.391. The van der Waals surface area contributed by atoms with Crippen LogP contribution in [0.25, 0.3) is 11.3 Å². The van der Waals surface area contributed by atoms with Gasteiger partial charge in [0.15, 0.2) is 11.7 Å². The number of nitrogens with zero attached hydrogens (tertiary/aromatic N) is 2. The van der Waals surface area contributed by atoms with E-state index in [0.29, 0.717) is 29.7 Å². The van der Waals surface area contributed by atoms with Gasteiger partial charge in [-0.2, -0.15) is 4.31 Å². The highest BCUT2D eigenvalue weighted by Crippen LogP contribution is 2.40. The van der Waals surface area contributed by atoms with Gasteiger partial charge in [-0.3, -0.25) is 0 Å². The lowest BCUT2D eigenvalue weighted by Gasteiger charge is -2.28. The minimum atomic E-state index is -3.51. The van der Waals surface area contributed by atoms with Crippen molar-refractivity contribution < 1.29 is 12.8 Å². The number of sulfonamides is 1. The molecule has 0 atom stereocenters. The maximum Gasteiger partial charge on any atom is 0.243 e. The van der Waals surface area contributed by atoms with Crippen LogP contribution in [0.4, 0.5) is 0 Å². The first-order chi connectivity index (χ1) is 13.1. The summed E-state index contributed by atoms with van der Waals surface area (Å²) < 4.78 is 33.4. The van der Waals surface area contributed by atoms with Crippen LogP contribution in [0.3, 0.4) is 0 Å². The molecular formula is C21H20N2O3S. The standard InChI is InChI=1S/C21H20N2O3S/c24-27(25,23-12-11-15-3-1-2-4-18(15)14-23)19-9-7-16(8-10-19)20-13-22-21(26-20)17-5-6-17/h1-4,7-10,13,17H,5-6,11-12,14H2. The molecule has 0 saturated heterocycles. The van der Waals surface area contributed by atoms with Crippen molar-refractivity contribution in [2.45, 2.75) is 36.6 Å². The van der Waals surface area contributed by atoms with Crippen LogP contribution in [0, 0.1) is 0 Å². The van der Waals surface area contributed by atoms with Crippen molar-refractivity contribution in [1.29, 1.82) is 0 Å². The van der Waals surface area contributed by atoms with E-state index < -0.39 is 10.0 Å². The summed E-state index contributed by atoms with van der Waals surface area (Å²) in [5, 5.41) is 0. The van der Waals surface area contributed by atoms with E-state index in [0.717, 1.165) is 36.3 Å². The van der Waals surface area contributed by atoms with E-state index in [1.807, 2.05) is 18.2 Å². The second-order valence-corrected chi connectivity index (χ2v) is 9.16. The van der Waals surface area contributed by atoms with Crippen molar-refractivity contribution in [2.24, 2.45) is 0 Å². The van der Waals surface area contributed by atoms with E-state index in [2.05, 4.69) is 11.1 Å². The van der Waals surface area contributed by atoms with Gasteiger partial charge in [-0.25, -0.2) is 13.4 Å². The Balaban J connectivity index is 1.39. The molecule has 1 aliphatic heterocycles. The third-order valence-electron chi connectivity index (χ3n) is 5.32. The van der Waals surface area contributed by atoms with Gasteiger partial charge in [0.1, 0.15) is 0 Å². The van der Waals surface area contributed by atoms with E-state index in [9.17, 15) is 8.42 Å². The van der Waals surface area contributed by atoms with Gasteiger partial charge >= 0.3 is 0 Å². The summed E-state index contributed by atoms with van der Waals surface area (Å²) in [7, 11) is -3.51. The quantitative estimate of drug-likeness (QED) is 0.687. The molecular weight excluding hydrogens is 360 g/mol. The number of benzene rings is 2. The Bertz CT molecular complexity index is 1080. The maximum absolute atomic E-state index is 13.0. The molecule has 0 spiro atoms. The Kier molecular flexibility index (Phi) is 3.91. The van der Waals surface area contributed by atoms with Crippen LogP contribution in [0.5, 0.6) is 0 Å². The smallest absolute Gasteiger partial charge is 0.243 e. The number of oxazole rings is 1. The average molecular weight is 380 g/mol. The number of aromatic nitrogens is 1. The summed E-state index contributed by atoms with van der Waals surface area (Å²) in [6.45, 7) is 0.932. The van der Waals surface area contributed by atoms with Gasteiger partial charge < -0.3 is 4.42 Å². The Hall–Kier alpha value is -2.44. The third-order valence-corrected chi connectivity index (χ3v) is 7.18. The van der Waals surface area contributed by atoms with E-state index >= 15 is 0 Å². The van der Waals surface area contributed by atoms with E-state index in [1.54, 1.807) is 34.8 Å². The molecule has 138 valence electrons. The fourth-order valence-corrected chi connectivity index (χ4v) is 4.97. The predicted octanol–water partition coefficient (Wildman–Crippen LogP) is 3.97.